The van der Waals surface area contributed by atoms with Crippen LogP contribution in [0, 0.1) is 0 Å². The Labute approximate surface area is 126 Å². The van der Waals surface area contributed by atoms with Crippen molar-refractivity contribution in [3.63, 3.8) is 0 Å². The van der Waals surface area contributed by atoms with E-state index < -0.39 is 0 Å². The van der Waals surface area contributed by atoms with Crippen molar-refractivity contribution in [3.8, 4) is 0 Å². The summed E-state index contributed by atoms with van der Waals surface area (Å²) in [6, 6.07) is 19.3. The lowest BCUT2D eigenvalue weighted by molar-refractivity contribution is 0.230. The van der Waals surface area contributed by atoms with E-state index in [4.69, 9.17) is 0 Å². The van der Waals surface area contributed by atoms with Gasteiger partial charge < -0.3 is 10.4 Å². The van der Waals surface area contributed by atoms with Crippen molar-refractivity contribution in [2.24, 2.45) is 0 Å². The number of nitrogens with one attached hydrogen (secondary N) is 1. The summed E-state index contributed by atoms with van der Waals surface area (Å²) in [7, 11) is 0. The van der Waals surface area contributed by atoms with Gasteiger partial charge in [0.1, 0.15) is 0 Å². The first-order valence-electron chi connectivity index (χ1n) is 7.88. The third-order valence-electron chi connectivity index (χ3n) is 4.41. The van der Waals surface area contributed by atoms with Crippen molar-refractivity contribution >= 4 is 0 Å². The number of fused-ring (bicyclic) bond motifs is 1. The smallest absolute Gasteiger partial charge is 0.0626 e. The average Bonchev–Trinajstić information content (AvgIpc) is 2.76. The molecule has 0 bridgehead atoms. The van der Waals surface area contributed by atoms with Gasteiger partial charge in [0.15, 0.2) is 0 Å². The summed E-state index contributed by atoms with van der Waals surface area (Å²) >= 11 is 0. The number of aliphatic hydroxyl groups excluding tert-OH is 1. The van der Waals surface area contributed by atoms with Crippen molar-refractivity contribution in [3.05, 3.63) is 71.3 Å². The first kappa shape index (κ1) is 14.3. The van der Waals surface area contributed by atoms with Crippen LogP contribution < -0.4 is 5.32 Å². The molecule has 2 heteroatoms. The molecule has 0 spiro atoms. The summed E-state index contributed by atoms with van der Waals surface area (Å²) in [6.07, 6.45) is 4.80. The average molecular weight is 281 g/mol. The number of hydrogen-bond acceptors (Lipinski definition) is 2. The minimum absolute atomic E-state index is 0.00218. The van der Waals surface area contributed by atoms with E-state index in [1.54, 1.807) is 0 Å². The maximum atomic E-state index is 9.77. The van der Waals surface area contributed by atoms with Gasteiger partial charge in [-0.15, -0.1) is 0 Å². The molecule has 0 heterocycles. The van der Waals surface area contributed by atoms with E-state index in [9.17, 15) is 5.11 Å². The van der Waals surface area contributed by atoms with Crippen LogP contribution in [0.5, 0.6) is 0 Å². The molecule has 2 aromatic carbocycles. The first-order valence-corrected chi connectivity index (χ1v) is 7.88. The lowest BCUT2D eigenvalue weighted by Gasteiger charge is -2.25. The quantitative estimate of drug-likeness (QED) is 0.836. The molecular formula is C19H23NO. The fourth-order valence-electron chi connectivity index (χ4n) is 3.28. The van der Waals surface area contributed by atoms with E-state index in [0.29, 0.717) is 6.04 Å². The Morgan fingerprint density at radius 1 is 1.00 bits per heavy atom. The lowest BCUT2D eigenvalue weighted by Crippen LogP contribution is -2.29. The van der Waals surface area contributed by atoms with Gasteiger partial charge in [-0.25, -0.2) is 0 Å². The van der Waals surface area contributed by atoms with E-state index >= 15 is 0 Å². The fourth-order valence-corrected chi connectivity index (χ4v) is 3.28. The summed E-state index contributed by atoms with van der Waals surface area (Å²) in [5.41, 5.74) is 4.02. The molecule has 0 amide bonds. The van der Waals surface area contributed by atoms with Crippen LogP contribution in [-0.4, -0.2) is 11.7 Å². The minimum Gasteiger partial charge on any atom is -0.394 e. The molecule has 2 aromatic rings. The second-order valence-corrected chi connectivity index (χ2v) is 5.81. The molecule has 1 aliphatic carbocycles. The molecule has 1 unspecified atom stereocenters. The fraction of sp³-hybridized carbons (Fsp3) is 0.368. The van der Waals surface area contributed by atoms with Gasteiger partial charge in [0.2, 0.25) is 0 Å². The zero-order valence-electron chi connectivity index (χ0n) is 12.3. The van der Waals surface area contributed by atoms with E-state index in [1.807, 2.05) is 18.2 Å². The van der Waals surface area contributed by atoms with Crippen molar-refractivity contribution in [1.82, 2.24) is 5.32 Å². The summed E-state index contributed by atoms with van der Waals surface area (Å²) in [5.74, 6) is 0. The van der Waals surface area contributed by atoms with Gasteiger partial charge in [-0.05, 0) is 36.0 Å². The Kier molecular flexibility index (Phi) is 4.69. The molecule has 0 fully saturated rings. The second-order valence-electron chi connectivity index (χ2n) is 5.81. The third-order valence-corrected chi connectivity index (χ3v) is 4.41. The van der Waals surface area contributed by atoms with Gasteiger partial charge in [0, 0.05) is 6.04 Å². The summed E-state index contributed by atoms with van der Waals surface area (Å²) in [5, 5.41) is 13.4. The van der Waals surface area contributed by atoms with Gasteiger partial charge in [-0.1, -0.05) is 61.0 Å². The molecule has 21 heavy (non-hydrogen) atoms. The van der Waals surface area contributed by atoms with Crippen molar-refractivity contribution in [1.29, 1.82) is 0 Å². The minimum atomic E-state index is 0.00218. The molecule has 2 N–H and O–H groups in total. The molecule has 0 aliphatic heterocycles. The summed E-state index contributed by atoms with van der Waals surface area (Å²) < 4.78 is 0. The summed E-state index contributed by atoms with van der Waals surface area (Å²) in [4.78, 5) is 0. The Hall–Kier alpha value is -1.64. The van der Waals surface area contributed by atoms with Crippen LogP contribution in [0.3, 0.4) is 0 Å². The van der Waals surface area contributed by atoms with E-state index in [1.165, 1.54) is 30.4 Å². The van der Waals surface area contributed by atoms with E-state index in [0.717, 1.165) is 12.0 Å². The molecule has 0 saturated carbocycles. The van der Waals surface area contributed by atoms with Gasteiger partial charge in [0.25, 0.3) is 0 Å². The number of aliphatic hydroxyl groups is 1. The highest BCUT2D eigenvalue weighted by atomic mass is 16.3. The third kappa shape index (κ3) is 3.34. The Morgan fingerprint density at radius 2 is 1.76 bits per heavy atom. The normalized spacial score (nSPS) is 19.6. The zero-order valence-corrected chi connectivity index (χ0v) is 12.3. The largest absolute Gasteiger partial charge is 0.394 e. The number of aryl methyl sites for hydroxylation is 1. The van der Waals surface area contributed by atoms with Gasteiger partial charge in [0.05, 0.1) is 12.6 Å². The van der Waals surface area contributed by atoms with Gasteiger partial charge in [-0.2, -0.15) is 0 Å². The van der Waals surface area contributed by atoms with Crippen LogP contribution in [0.1, 0.15) is 48.0 Å². The van der Waals surface area contributed by atoms with E-state index in [-0.39, 0.29) is 12.6 Å². The Balaban J connectivity index is 1.83. The van der Waals surface area contributed by atoms with Crippen molar-refractivity contribution in [2.45, 2.75) is 37.8 Å². The molecule has 2 atom stereocenters. The maximum Gasteiger partial charge on any atom is 0.0626 e. The molecule has 110 valence electrons. The number of benzene rings is 2. The molecule has 0 aromatic heterocycles. The number of hydrogen-bond donors (Lipinski definition) is 2. The monoisotopic (exact) mass is 281 g/mol. The lowest BCUT2D eigenvalue weighted by atomic mass is 9.97. The zero-order chi connectivity index (χ0) is 14.5. The molecular weight excluding hydrogens is 258 g/mol. The predicted molar refractivity (Wildman–Crippen MR) is 86.1 cm³/mol. The van der Waals surface area contributed by atoms with Gasteiger partial charge in [-0.3, -0.25) is 0 Å². The van der Waals surface area contributed by atoms with Crippen LogP contribution in [-0.2, 0) is 6.42 Å². The predicted octanol–water partition coefficient (Wildman–Crippen LogP) is 3.78. The van der Waals surface area contributed by atoms with Crippen LogP contribution in [0.15, 0.2) is 54.6 Å². The summed E-state index contributed by atoms with van der Waals surface area (Å²) in [6.45, 7) is 0.128. The Bertz CT molecular complexity index is 567. The first-order chi connectivity index (χ1) is 10.4. The topological polar surface area (TPSA) is 32.3 Å². The number of rotatable bonds is 4. The van der Waals surface area contributed by atoms with Crippen LogP contribution in [0.2, 0.25) is 0 Å². The molecule has 0 radical (unpaired) electrons. The van der Waals surface area contributed by atoms with Gasteiger partial charge >= 0.3 is 0 Å². The van der Waals surface area contributed by atoms with E-state index in [2.05, 4.69) is 41.7 Å². The van der Waals surface area contributed by atoms with Crippen molar-refractivity contribution in [2.75, 3.05) is 6.61 Å². The maximum absolute atomic E-state index is 9.77. The van der Waals surface area contributed by atoms with Crippen molar-refractivity contribution < 1.29 is 5.11 Å². The standard InChI is InChI=1S/C19H23NO/c21-14-19(16-10-2-1-3-11-16)20-18-13-7-5-9-15-8-4-6-12-17(15)18/h1-4,6,8,10-12,18-21H,5,7,9,13-14H2/t18?,19-/m1/s1. The van der Waals surface area contributed by atoms with Crippen LogP contribution in [0.4, 0.5) is 0 Å². The molecule has 0 saturated heterocycles. The highest BCUT2D eigenvalue weighted by Gasteiger charge is 2.21. The highest BCUT2D eigenvalue weighted by Crippen LogP contribution is 2.30. The Morgan fingerprint density at radius 3 is 2.57 bits per heavy atom. The second kappa shape index (κ2) is 6.88. The van der Waals surface area contributed by atoms with Crippen LogP contribution in [0.25, 0.3) is 0 Å². The molecule has 1 aliphatic rings. The SMILES string of the molecule is OC[C@@H](NC1CCCCc2ccccc21)c1ccccc1. The van der Waals surface area contributed by atoms with Crippen LogP contribution >= 0.6 is 0 Å². The molecule has 3 rings (SSSR count). The molecule has 2 nitrogen and oxygen atoms in total. The highest BCUT2D eigenvalue weighted by molar-refractivity contribution is 5.31.